The third-order valence-electron chi connectivity index (χ3n) is 2.46. The number of carbonyl (C=O) groups excluding carboxylic acids is 1. The zero-order valence-corrected chi connectivity index (χ0v) is 12.0. The van der Waals surface area contributed by atoms with E-state index in [1.165, 1.54) is 22.7 Å². The molecule has 2 heterocycles. The highest BCUT2D eigenvalue weighted by Crippen LogP contribution is 2.18. The lowest BCUT2D eigenvalue weighted by molar-refractivity contribution is -0.139. The van der Waals surface area contributed by atoms with E-state index in [0.717, 1.165) is 5.01 Å². The number of aromatic nitrogens is 1. The number of thiophene rings is 1. The first kappa shape index (κ1) is 14.5. The van der Waals surface area contributed by atoms with Gasteiger partial charge in [-0.1, -0.05) is 6.07 Å². The Kier molecular flexibility index (Phi) is 5.08. The maximum atomic E-state index is 11.7. The molecule has 2 rings (SSSR count). The fourth-order valence-corrected chi connectivity index (χ4v) is 2.94. The highest BCUT2D eigenvalue weighted by Gasteiger charge is 2.22. The molecule has 2 aromatic heterocycles. The van der Waals surface area contributed by atoms with Gasteiger partial charge < -0.3 is 15.7 Å². The standard InChI is InChI=1S/C12H13N3O3S2/c16-11(17)10(8-2-1-6-19-8)15-12(18)14-4-3-9-13-5-7-20-9/h1-2,5-7,10H,3-4H2,(H,16,17)(H2,14,15,18). The van der Waals surface area contributed by atoms with Crippen molar-refractivity contribution in [3.05, 3.63) is 39.0 Å². The minimum Gasteiger partial charge on any atom is -0.479 e. The van der Waals surface area contributed by atoms with E-state index in [4.69, 9.17) is 5.11 Å². The van der Waals surface area contributed by atoms with E-state index in [1.807, 2.05) is 5.38 Å². The number of nitrogens with one attached hydrogen (secondary N) is 2. The van der Waals surface area contributed by atoms with Crippen LogP contribution in [-0.4, -0.2) is 28.6 Å². The van der Waals surface area contributed by atoms with Gasteiger partial charge in [0.25, 0.3) is 0 Å². The number of urea groups is 1. The van der Waals surface area contributed by atoms with Crippen LogP contribution in [0.15, 0.2) is 29.1 Å². The van der Waals surface area contributed by atoms with Gasteiger partial charge in [-0.3, -0.25) is 0 Å². The maximum Gasteiger partial charge on any atom is 0.331 e. The minimum absolute atomic E-state index is 0.413. The van der Waals surface area contributed by atoms with Crippen molar-refractivity contribution in [1.82, 2.24) is 15.6 Å². The van der Waals surface area contributed by atoms with Gasteiger partial charge in [-0.25, -0.2) is 14.6 Å². The molecule has 1 unspecified atom stereocenters. The molecule has 0 spiro atoms. The van der Waals surface area contributed by atoms with Gasteiger partial charge in [-0.05, 0) is 11.4 Å². The summed E-state index contributed by atoms with van der Waals surface area (Å²) >= 11 is 2.81. The predicted molar refractivity (Wildman–Crippen MR) is 77.0 cm³/mol. The number of carboxylic acid groups (broad SMARTS) is 1. The van der Waals surface area contributed by atoms with Crippen LogP contribution in [-0.2, 0) is 11.2 Å². The lowest BCUT2D eigenvalue weighted by Gasteiger charge is -2.13. The summed E-state index contributed by atoms with van der Waals surface area (Å²) < 4.78 is 0. The summed E-state index contributed by atoms with van der Waals surface area (Å²) in [6, 6.07) is 1.91. The molecule has 0 radical (unpaired) electrons. The van der Waals surface area contributed by atoms with Crippen LogP contribution < -0.4 is 10.6 Å². The number of hydrogen-bond acceptors (Lipinski definition) is 5. The number of carbonyl (C=O) groups is 2. The number of thiazole rings is 1. The first-order valence-corrected chi connectivity index (χ1v) is 7.61. The third kappa shape index (κ3) is 4.04. The zero-order valence-electron chi connectivity index (χ0n) is 10.4. The van der Waals surface area contributed by atoms with Gasteiger partial charge in [-0.2, -0.15) is 0 Å². The van der Waals surface area contributed by atoms with Crippen LogP contribution in [0.5, 0.6) is 0 Å². The molecule has 20 heavy (non-hydrogen) atoms. The summed E-state index contributed by atoms with van der Waals surface area (Å²) in [6.07, 6.45) is 2.33. The number of aliphatic carboxylic acids is 1. The molecule has 2 amide bonds. The van der Waals surface area contributed by atoms with E-state index >= 15 is 0 Å². The smallest absolute Gasteiger partial charge is 0.331 e. The van der Waals surface area contributed by atoms with Crippen molar-refractivity contribution >= 4 is 34.7 Å². The van der Waals surface area contributed by atoms with Crippen molar-refractivity contribution in [1.29, 1.82) is 0 Å². The maximum absolute atomic E-state index is 11.7. The van der Waals surface area contributed by atoms with Crippen molar-refractivity contribution in [2.45, 2.75) is 12.5 Å². The second-order valence-corrected chi connectivity index (χ2v) is 5.82. The summed E-state index contributed by atoms with van der Waals surface area (Å²) in [5.41, 5.74) is 0. The van der Waals surface area contributed by atoms with Crippen molar-refractivity contribution in [3.8, 4) is 0 Å². The van der Waals surface area contributed by atoms with Gasteiger partial charge in [0, 0.05) is 29.4 Å². The molecule has 0 aliphatic heterocycles. The summed E-state index contributed by atoms with van der Waals surface area (Å²) in [4.78, 5) is 27.5. The predicted octanol–water partition coefficient (Wildman–Crippen LogP) is 1.87. The topological polar surface area (TPSA) is 91.3 Å². The van der Waals surface area contributed by atoms with Gasteiger partial charge in [0.05, 0.1) is 5.01 Å². The van der Waals surface area contributed by atoms with E-state index in [9.17, 15) is 9.59 Å². The van der Waals surface area contributed by atoms with Crippen molar-refractivity contribution in [2.75, 3.05) is 6.54 Å². The quantitative estimate of drug-likeness (QED) is 0.759. The Morgan fingerprint density at radius 3 is 2.80 bits per heavy atom. The third-order valence-corrected chi connectivity index (χ3v) is 4.23. The van der Waals surface area contributed by atoms with E-state index in [1.54, 1.807) is 23.7 Å². The number of hydrogen-bond donors (Lipinski definition) is 3. The molecule has 0 aliphatic rings. The van der Waals surface area contributed by atoms with Crippen LogP contribution in [0.25, 0.3) is 0 Å². The van der Waals surface area contributed by atoms with E-state index in [2.05, 4.69) is 15.6 Å². The second-order valence-electron chi connectivity index (χ2n) is 3.86. The van der Waals surface area contributed by atoms with E-state index in [0.29, 0.717) is 17.8 Å². The summed E-state index contributed by atoms with van der Waals surface area (Å²) in [6.45, 7) is 0.413. The summed E-state index contributed by atoms with van der Waals surface area (Å²) in [5, 5.41) is 18.8. The Morgan fingerprint density at radius 2 is 2.20 bits per heavy atom. The SMILES string of the molecule is O=C(NCCc1nccs1)NC(C(=O)O)c1cccs1. The van der Waals surface area contributed by atoms with E-state index in [-0.39, 0.29) is 0 Å². The summed E-state index contributed by atoms with van der Waals surface area (Å²) in [7, 11) is 0. The van der Waals surface area contributed by atoms with E-state index < -0.39 is 18.0 Å². The normalized spacial score (nSPS) is 11.8. The Hall–Kier alpha value is -1.93. The Bertz CT molecular complexity index is 555. The molecule has 106 valence electrons. The average molecular weight is 311 g/mol. The monoisotopic (exact) mass is 311 g/mol. The highest BCUT2D eigenvalue weighted by atomic mass is 32.1. The fourth-order valence-electron chi connectivity index (χ4n) is 1.55. The first-order valence-electron chi connectivity index (χ1n) is 5.86. The largest absolute Gasteiger partial charge is 0.479 e. The number of rotatable bonds is 6. The second kappa shape index (κ2) is 7.01. The van der Waals surface area contributed by atoms with Gasteiger partial charge >= 0.3 is 12.0 Å². The minimum atomic E-state index is -1.08. The molecular weight excluding hydrogens is 298 g/mol. The molecule has 6 nitrogen and oxygen atoms in total. The molecule has 0 saturated carbocycles. The molecule has 0 fully saturated rings. The van der Waals surface area contributed by atoms with Crippen LogP contribution >= 0.6 is 22.7 Å². The first-order chi connectivity index (χ1) is 9.66. The van der Waals surface area contributed by atoms with Crippen molar-refractivity contribution in [2.24, 2.45) is 0 Å². The molecule has 0 bridgehead atoms. The Labute approximate surface area is 123 Å². The molecule has 0 aliphatic carbocycles. The molecule has 2 aromatic rings. The average Bonchev–Trinajstić information content (AvgIpc) is 3.08. The van der Waals surface area contributed by atoms with Crippen LogP contribution in [0, 0.1) is 0 Å². The molecule has 1 atom stereocenters. The van der Waals surface area contributed by atoms with Crippen LogP contribution in [0.4, 0.5) is 4.79 Å². The number of amides is 2. The fraction of sp³-hybridized carbons (Fsp3) is 0.250. The highest BCUT2D eigenvalue weighted by molar-refractivity contribution is 7.10. The number of carboxylic acids is 1. The molecule has 3 N–H and O–H groups in total. The molecule has 8 heteroatoms. The lowest BCUT2D eigenvalue weighted by atomic mass is 10.2. The van der Waals surface area contributed by atoms with Crippen molar-refractivity contribution in [3.63, 3.8) is 0 Å². The zero-order chi connectivity index (χ0) is 14.4. The molecular formula is C12H13N3O3S2. The summed E-state index contributed by atoms with van der Waals surface area (Å²) in [5.74, 6) is -1.08. The van der Waals surface area contributed by atoms with Crippen molar-refractivity contribution < 1.29 is 14.7 Å². The van der Waals surface area contributed by atoms with Crippen LogP contribution in [0.2, 0.25) is 0 Å². The van der Waals surface area contributed by atoms with Crippen LogP contribution in [0.1, 0.15) is 15.9 Å². The molecule has 0 saturated heterocycles. The van der Waals surface area contributed by atoms with Crippen LogP contribution in [0.3, 0.4) is 0 Å². The molecule has 0 aromatic carbocycles. The van der Waals surface area contributed by atoms with Gasteiger partial charge in [0.1, 0.15) is 0 Å². The van der Waals surface area contributed by atoms with Gasteiger partial charge in [-0.15, -0.1) is 22.7 Å². The Morgan fingerprint density at radius 1 is 1.35 bits per heavy atom. The lowest BCUT2D eigenvalue weighted by Crippen LogP contribution is -2.41. The number of nitrogens with zero attached hydrogens (tertiary/aromatic N) is 1. The Balaban J connectivity index is 1.81. The van der Waals surface area contributed by atoms with Gasteiger partial charge in [0.2, 0.25) is 0 Å². The van der Waals surface area contributed by atoms with Gasteiger partial charge in [0.15, 0.2) is 6.04 Å².